The Kier molecular flexibility index (Phi) is 6.64. The van der Waals surface area contributed by atoms with Gasteiger partial charge in [-0.1, -0.05) is 23.2 Å². The first kappa shape index (κ1) is 20.6. The summed E-state index contributed by atoms with van der Waals surface area (Å²) in [6.45, 7) is 1.87. The second kappa shape index (κ2) is 9.36. The smallest absolute Gasteiger partial charge is 0.342 e. The SMILES string of the molecule is CCOC(=O)c1cc(NC(=O)c2cccnc2Cl)ccc1Oc1cncc(Cl)c1. The molecular weight excluding hydrogens is 417 g/mol. The molecule has 1 aromatic carbocycles. The number of hydrogen-bond acceptors (Lipinski definition) is 6. The third-order valence-electron chi connectivity index (χ3n) is 3.64. The predicted octanol–water partition coefficient (Wildman–Crippen LogP) is 5.00. The van der Waals surface area contributed by atoms with Crippen molar-refractivity contribution in [3.8, 4) is 11.5 Å². The van der Waals surface area contributed by atoms with E-state index in [0.717, 1.165) is 0 Å². The zero-order chi connectivity index (χ0) is 20.8. The maximum Gasteiger partial charge on any atom is 0.342 e. The summed E-state index contributed by atoms with van der Waals surface area (Å²) in [6, 6.07) is 9.27. The molecule has 0 aliphatic heterocycles. The molecule has 0 aliphatic rings. The molecule has 0 spiro atoms. The lowest BCUT2D eigenvalue weighted by Crippen LogP contribution is -2.14. The molecular formula is C20H15Cl2N3O4. The molecule has 3 aromatic rings. The van der Waals surface area contributed by atoms with Crippen LogP contribution in [0.15, 0.2) is 55.0 Å². The number of nitrogens with one attached hydrogen (secondary N) is 1. The third-order valence-corrected chi connectivity index (χ3v) is 4.15. The quantitative estimate of drug-likeness (QED) is 0.435. The summed E-state index contributed by atoms with van der Waals surface area (Å²) >= 11 is 11.9. The van der Waals surface area contributed by atoms with Crippen LogP contribution in [0.3, 0.4) is 0 Å². The van der Waals surface area contributed by atoms with Gasteiger partial charge in [-0.25, -0.2) is 9.78 Å². The van der Waals surface area contributed by atoms with Crippen molar-refractivity contribution in [2.45, 2.75) is 6.92 Å². The van der Waals surface area contributed by atoms with E-state index in [-0.39, 0.29) is 28.6 Å². The van der Waals surface area contributed by atoms with E-state index in [1.54, 1.807) is 31.2 Å². The van der Waals surface area contributed by atoms with Crippen LogP contribution in [0.25, 0.3) is 0 Å². The highest BCUT2D eigenvalue weighted by atomic mass is 35.5. The van der Waals surface area contributed by atoms with Crippen LogP contribution in [0.1, 0.15) is 27.6 Å². The van der Waals surface area contributed by atoms with Gasteiger partial charge in [0, 0.05) is 24.1 Å². The summed E-state index contributed by atoms with van der Waals surface area (Å²) in [5.41, 5.74) is 0.689. The minimum Gasteiger partial charge on any atom is -0.462 e. The number of aromatic nitrogens is 2. The van der Waals surface area contributed by atoms with E-state index in [2.05, 4.69) is 15.3 Å². The molecule has 0 saturated heterocycles. The highest BCUT2D eigenvalue weighted by Crippen LogP contribution is 2.30. The maximum absolute atomic E-state index is 12.4. The standard InChI is InChI=1S/C20H15Cl2N3O4/c1-2-28-20(27)16-9-13(25-19(26)15-4-3-7-24-18(15)22)5-6-17(16)29-14-8-12(21)10-23-11-14/h3-11H,2H2,1H3,(H,25,26). The van der Waals surface area contributed by atoms with Crippen LogP contribution in [0.4, 0.5) is 5.69 Å². The van der Waals surface area contributed by atoms with Gasteiger partial charge in [-0.15, -0.1) is 0 Å². The van der Waals surface area contributed by atoms with Gasteiger partial charge in [-0.3, -0.25) is 9.78 Å². The summed E-state index contributed by atoms with van der Waals surface area (Å²) in [5.74, 6) is -0.495. The van der Waals surface area contributed by atoms with Crippen molar-refractivity contribution < 1.29 is 19.1 Å². The molecule has 2 aromatic heterocycles. The van der Waals surface area contributed by atoms with E-state index < -0.39 is 11.9 Å². The van der Waals surface area contributed by atoms with Gasteiger partial charge in [-0.2, -0.15) is 0 Å². The summed E-state index contributed by atoms with van der Waals surface area (Å²) in [4.78, 5) is 32.7. The van der Waals surface area contributed by atoms with Crippen LogP contribution in [-0.2, 0) is 4.74 Å². The van der Waals surface area contributed by atoms with Crippen molar-refractivity contribution in [3.05, 3.63) is 76.3 Å². The Labute approximate surface area is 176 Å². The van der Waals surface area contributed by atoms with Crippen LogP contribution in [-0.4, -0.2) is 28.5 Å². The summed E-state index contributed by atoms with van der Waals surface area (Å²) in [7, 11) is 0. The van der Waals surface area contributed by atoms with Gasteiger partial charge in [0.2, 0.25) is 0 Å². The van der Waals surface area contributed by atoms with E-state index in [0.29, 0.717) is 16.5 Å². The van der Waals surface area contributed by atoms with E-state index in [4.69, 9.17) is 32.7 Å². The van der Waals surface area contributed by atoms with Crippen molar-refractivity contribution in [2.24, 2.45) is 0 Å². The fraction of sp³-hybridized carbons (Fsp3) is 0.100. The highest BCUT2D eigenvalue weighted by Gasteiger charge is 2.18. The Balaban J connectivity index is 1.90. The Morgan fingerprint density at radius 1 is 1.10 bits per heavy atom. The number of carbonyl (C=O) groups excluding carboxylic acids is 2. The van der Waals surface area contributed by atoms with Crippen LogP contribution in [0.5, 0.6) is 11.5 Å². The van der Waals surface area contributed by atoms with Gasteiger partial charge in [0.25, 0.3) is 5.91 Å². The molecule has 0 aliphatic carbocycles. The zero-order valence-corrected chi connectivity index (χ0v) is 16.7. The van der Waals surface area contributed by atoms with E-state index in [1.807, 2.05) is 0 Å². The Morgan fingerprint density at radius 3 is 2.66 bits per heavy atom. The second-order valence-electron chi connectivity index (χ2n) is 5.67. The number of anilines is 1. The number of benzene rings is 1. The molecule has 0 atom stereocenters. The van der Waals surface area contributed by atoms with Gasteiger partial charge in [0.1, 0.15) is 22.2 Å². The molecule has 29 heavy (non-hydrogen) atoms. The lowest BCUT2D eigenvalue weighted by molar-refractivity contribution is 0.0523. The molecule has 9 heteroatoms. The largest absolute Gasteiger partial charge is 0.462 e. The number of hydrogen-bond donors (Lipinski definition) is 1. The molecule has 0 fully saturated rings. The fourth-order valence-corrected chi connectivity index (χ4v) is 2.76. The molecule has 1 N–H and O–H groups in total. The number of pyridine rings is 2. The van der Waals surface area contributed by atoms with Gasteiger partial charge >= 0.3 is 5.97 Å². The van der Waals surface area contributed by atoms with Crippen molar-refractivity contribution in [1.29, 1.82) is 0 Å². The lowest BCUT2D eigenvalue weighted by atomic mass is 10.1. The molecule has 1 amide bonds. The summed E-state index contributed by atoms with van der Waals surface area (Å²) in [5, 5.41) is 3.14. The average molecular weight is 432 g/mol. The van der Waals surface area contributed by atoms with E-state index >= 15 is 0 Å². The Morgan fingerprint density at radius 2 is 1.93 bits per heavy atom. The lowest BCUT2D eigenvalue weighted by Gasteiger charge is -2.13. The molecule has 0 bridgehead atoms. The Bertz CT molecular complexity index is 1060. The van der Waals surface area contributed by atoms with E-state index in [1.165, 1.54) is 30.7 Å². The van der Waals surface area contributed by atoms with Crippen molar-refractivity contribution in [1.82, 2.24) is 9.97 Å². The van der Waals surface area contributed by atoms with Crippen LogP contribution >= 0.6 is 23.2 Å². The van der Waals surface area contributed by atoms with Gasteiger partial charge in [0.05, 0.1) is 23.4 Å². The van der Waals surface area contributed by atoms with Gasteiger partial charge < -0.3 is 14.8 Å². The predicted molar refractivity (Wildman–Crippen MR) is 109 cm³/mol. The molecule has 7 nitrogen and oxygen atoms in total. The van der Waals surface area contributed by atoms with Crippen molar-refractivity contribution in [3.63, 3.8) is 0 Å². The third kappa shape index (κ3) is 5.22. The molecule has 0 unspecified atom stereocenters. The molecule has 148 valence electrons. The first-order valence-electron chi connectivity index (χ1n) is 8.49. The first-order chi connectivity index (χ1) is 14.0. The minimum absolute atomic E-state index is 0.0732. The van der Waals surface area contributed by atoms with Crippen molar-refractivity contribution >= 4 is 40.8 Å². The monoisotopic (exact) mass is 431 g/mol. The van der Waals surface area contributed by atoms with Crippen molar-refractivity contribution in [2.75, 3.05) is 11.9 Å². The van der Waals surface area contributed by atoms with Gasteiger partial charge in [0.15, 0.2) is 0 Å². The number of esters is 1. The fourth-order valence-electron chi connectivity index (χ4n) is 2.39. The van der Waals surface area contributed by atoms with Gasteiger partial charge in [-0.05, 0) is 37.3 Å². The number of carbonyl (C=O) groups is 2. The maximum atomic E-state index is 12.4. The normalized spacial score (nSPS) is 10.3. The highest BCUT2D eigenvalue weighted by molar-refractivity contribution is 6.33. The molecule has 2 heterocycles. The number of nitrogens with zero attached hydrogens (tertiary/aromatic N) is 2. The second-order valence-corrected chi connectivity index (χ2v) is 6.46. The van der Waals surface area contributed by atoms with E-state index in [9.17, 15) is 9.59 Å². The number of rotatable bonds is 6. The van der Waals surface area contributed by atoms with Crippen LogP contribution < -0.4 is 10.1 Å². The topological polar surface area (TPSA) is 90.4 Å². The summed E-state index contributed by atoms with van der Waals surface area (Å²) < 4.78 is 10.8. The minimum atomic E-state index is -0.604. The zero-order valence-electron chi connectivity index (χ0n) is 15.2. The average Bonchev–Trinajstić information content (AvgIpc) is 2.69. The summed E-state index contributed by atoms with van der Waals surface area (Å²) in [6.07, 6.45) is 4.40. The molecule has 0 radical (unpaired) electrons. The number of amides is 1. The molecule has 3 rings (SSSR count). The molecule has 0 saturated carbocycles. The van der Waals surface area contributed by atoms with Crippen LogP contribution in [0, 0.1) is 0 Å². The Hall–Kier alpha value is -3.16. The number of halogens is 2. The van der Waals surface area contributed by atoms with Crippen LogP contribution in [0.2, 0.25) is 10.2 Å². The number of ether oxygens (including phenoxy) is 2. The first-order valence-corrected chi connectivity index (χ1v) is 9.25.